The second-order valence-electron chi connectivity index (χ2n) is 4.52. The molecule has 0 aliphatic carbocycles. The highest BCUT2D eigenvalue weighted by atomic mass is 32.2. The highest BCUT2D eigenvalue weighted by Gasteiger charge is 2.17. The van der Waals surface area contributed by atoms with Gasteiger partial charge in [0.15, 0.2) is 0 Å². The standard InChI is InChI=1S/C12H19N3O3S/c1-14-19(16,17)12-5-4-9(7-11(12)13)15-10-3-2-6-18-8-10/h4-5,7,10,14-15H,2-3,6,8,13H2,1H3. The minimum Gasteiger partial charge on any atom is -0.398 e. The molecule has 1 fully saturated rings. The lowest BCUT2D eigenvalue weighted by Crippen LogP contribution is -2.30. The summed E-state index contributed by atoms with van der Waals surface area (Å²) in [7, 11) is -2.14. The van der Waals surface area contributed by atoms with Crippen molar-refractivity contribution >= 4 is 21.4 Å². The summed E-state index contributed by atoms with van der Waals surface area (Å²) < 4.78 is 31.0. The van der Waals surface area contributed by atoms with Crippen LogP contribution in [0.15, 0.2) is 23.1 Å². The predicted molar refractivity (Wildman–Crippen MR) is 74.6 cm³/mol. The van der Waals surface area contributed by atoms with E-state index < -0.39 is 10.0 Å². The van der Waals surface area contributed by atoms with Gasteiger partial charge < -0.3 is 15.8 Å². The first-order chi connectivity index (χ1) is 9.03. The van der Waals surface area contributed by atoms with Crippen LogP contribution in [0.2, 0.25) is 0 Å². The van der Waals surface area contributed by atoms with Crippen molar-refractivity contribution in [3.8, 4) is 0 Å². The van der Waals surface area contributed by atoms with Gasteiger partial charge in [0.05, 0.1) is 12.3 Å². The number of anilines is 2. The monoisotopic (exact) mass is 285 g/mol. The van der Waals surface area contributed by atoms with E-state index in [2.05, 4.69) is 10.0 Å². The van der Waals surface area contributed by atoms with Crippen LogP contribution in [-0.4, -0.2) is 34.7 Å². The van der Waals surface area contributed by atoms with Gasteiger partial charge >= 0.3 is 0 Å². The molecule has 0 amide bonds. The Labute approximate surface area is 113 Å². The highest BCUT2D eigenvalue weighted by Crippen LogP contribution is 2.23. The third-order valence-electron chi connectivity index (χ3n) is 3.10. The number of sulfonamides is 1. The number of benzene rings is 1. The lowest BCUT2D eigenvalue weighted by molar-refractivity contribution is 0.0876. The lowest BCUT2D eigenvalue weighted by atomic mass is 10.1. The van der Waals surface area contributed by atoms with Gasteiger partial charge in [-0.05, 0) is 38.1 Å². The Hall–Kier alpha value is -1.31. The molecule has 1 unspecified atom stereocenters. The highest BCUT2D eigenvalue weighted by molar-refractivity contribution is 7.89. The Bertz CT molecular complexity index is 539. The fraction of sp³-hybridized carbons (Fsp3) is 0.500. The Kier molecular flexibility index (Phi) is 4.28. The number of nitrogens with one attached hydrogen (secondary N) is 2. The van der Waals surface area contributed by atoms with Crippen LogP contribution in [-0.2, 0) is 14.8 Å². The first-order valence-electron chi connectivity index (χ1n) is 6.20. The van der Waals surface area contributed by atoms with Crippen LogP contribution in [0.5, 0.6) is 0 Å². The lowest BCUT2D eigenvalue weighted by Gasteiger charge is -2.24. The number of rotatable bonds is 4. The number of nitrogens with two attached hydrogens (primary N) is 1. The fourth-order valence-electron chi connectivity index (χ4n) is 2.08. The molecule has 1 aliphatic rings. The molecule has 2 rings (SSSR count). The third-order valence-corrected chi connectivity index (χ3v) is 4.59. The number of hydrogen-bond donors (Lipinski definition) is 3. The van der Waals surface area contributed by atoms with Crippen LogP contribution in [0, 0.1) is 0 Å². The summed E-state index contributed by atoms with van der Waals surface area (Å²) in [5, 5.41) is 3.30. The molecule has 0 radical (unpaired) electrons. The number of hydrogen-bond acceptors (Lipinski definition) is 5. The molecule has 1 aromatic rings. The van der Waals surface area contributed by atoms with Crippen molar-refractivity contribution in [2.75, 3.05) is 31.3 Å². The van der Waals surface area contributed by atoms with E-state index in [1.807, 2.05) is 0 Å². The van der Waals surface area contributed by atoms with Crippen molar-refractivity contribution in [3.63, 3.8) is 0 Å². The van der Waals surface area contributed by atoms with E-state index >= 15 is 0 Å². The summed E-state index contributed by atoms with van der Waals surface area (Å²) in [6.45, 7) is 1.47. The van der Waals surface area contributed by atoms with E-state index in [1.54, 1.807) is 12.1 Å². The van der Waals surface area contributed by atoms with Crippen LogP contribution < -0.4 is 15.8 Å². The summed E-state index contributed by atoms with van der Waals surface area (Å²) in [5.74, 6) is 0. The van der Waals surface area contributed by atoms with Crippen molar-refractivity contribution < 1.29 is 13.2 Å². The zero-order valence-electron chi connectivity index (χ0n) is 10.8. The minimum absolute atomic E-state index is 0.0976. The zero-order valence-corrected chi connectivity index (χ0v) is 11.7. The largest absolute Gasteiger partial charge is 0.398 e. The normalized spacial score (nSPS) is 20.2. The van der Waals surface area contributed by atoms with Crippen molar-refractivity contribution in [1.82, 2.24) is 4.72 Å². The van der Waals surface area contributed by atoms with Crippen LogP contribution >= 0.6 is 0 Å². The van der Waals surface area contributed by atoms with Crippen LogP contribution in [0.4, 0.5) is 11.4 Å². The summed E-state index contributed by atoms with van der Waals surface area (Å²) in [6, 6.07) is 5.11. The molecule has 1 heterocycles. The van der Waals surface area contributed by atoms with Gasteiger partial charge in [0.2, 0.25) is 10.0 Å². The molecule has 19 heavy (non-hydrogen) atoms. The van der Waals surface area contributed by atoms with E-state index in [9.17, 15) is 8.42 Å². The smallest absolute Gasteiger partial charge is 0.242 e. The number of nitrogen functional groups attached to an aromatic ring is 1. The summed E-state index contributed by atoms with van der Waals surface area (Å²) in [6.07, 6.45) is 2.07. The van der Waals surface area contributed by atoms with E-state index in [0.29, 0.717) is 6.61 Å². The minimum atomic E-state index is -3.51. The molecule has 7 heteroatoms. The summed E-state index contributed by atoms with van der Waals surface area (Å²) in [4.78, 5) is 0.0976. The van der Waals surface area contributed by atoms with Crippen molar-refractivity contribution in [2.24, 2.45) is 0 Å². The second kappa shape index (κ2) is 5.77. The molecule has 1 aromatic carbocycles. The maximum atomic E-state index is 11.7. The van der Waals surface area contributed by atoms with Gasteiger partial charge in [0, 0.05) is 18.3 Å². The molecule has 1 saturated heterocycles. The third kappa shape index (κ3) is 3.37. The topological polar surface area (TPSA) is 93.5 Å². The Morgan fingerprint density at radius 3 is 2.79 bits per heavy atom. The van der Waals surface area contributed by atoms with Crippen molar-refractivity contribution in [2.45, 2.75) is 23.8 Å². The molecule has 106 valence electrons. The molecule has 0 spiro atoms. The fourth-order valence-corrected chi connectivity index (χ4v) is 2.92. The average molecular weight is 285 g/mol. The molecule has 0 saturated carbocycles. The second-order valence-corrected chi connectivity index (χ2v) is 6.37. The molecule has 1 atom stereocenters. The van der Waals surface area contributed by atoms with Gasteiger partial charge in [-0.2, -0.15) is 0 Å². The quantitative estimate of drug-likeness (QED) is 0.710. The van der Waals surface area contributed by atoms with Gasteiger partial charge in [-0.15, -0.1) is 0 Å². The van der Waals surface area contributed by atoms with Crippen LogP contribution in [0.25, 0.3) is 0 Å². The van der Waals surface area contributed by atoms with E-state index in [1.165, 1.54) is 13.1 Å². The average Bonchev–Trinajstić information content (AvgIpc) is 2.39. The molecular weight excluding hydrogens is 266 g/mol. The summed E-state index contributed by atoms with van der Waals surface area (Å²) >= 11 is 0. The molecular formula is C12H19N3O3S. The molecule has 4 N–H and O–H groups in total. The van der Waals surface area contributed by atoms with Crippen molar-refractivity contribution in [1.29, 1.82) is 0 Å². The van der Waals surface area contributed by atoms with E-state index in [4.69, 9.17) is 10.5 Å². The van der Waals surface area contributed by atoms with Gasteiger partial charge in [0.25, 0.3) is 0 Å². The SMILES string of the molecule is CNS(=O)(=O)c1ccc(NC2CCCOC2)cc1N. The van der Waals surface area contributed by atoms with Gasteiger partial charge in [-0.1, -0.05) is 0 Å². The first kappa shape index (κ1) is 14.1. The summed E-state index contributed by atoms with van der Waals surface area (Å²) in [5.41, 5.74) is 6.84. The van der Waals surface area contributed by atoms with E-state index in [-0.39, 0.29) is 16.6 Å². The molecule has 1 aliphatic heterocycles. The van der Waals surface area contributed by atoms with Crippen LogP contribution in [0.3, 0.4) is 0 Å². The van der Waals surface area contributed by atoms with Gasteiger partial charge in [0.1, 0.15) is 4.90 Å². The van der Waals surface area contributed by atoms with Crippen molar-refractivity contribution in [3.05, 3.63) is 18.2 Å². The molecule has 0 aromatic heterocycles. The first-order valence-corrected chi connectivity index (χ1v) is 7.68. The molecule has 0 bridgehead atoms. The Morgan fingerprint density at radius 1 is 1.42 bits per heavy atom. The maximum Gasteiger partial charge on any atom is 0.242 e. The Morgan fingerprint density at radius 2 is 2.21 bits per heavy atom. The van der Waals surface area contributed by atoms with Gasteiger partial charge in [-0.25, -0.2) is 13.1 Å². The van der Waals surface area contributed by atoms with Crippen LogP contribution in [0.1, 0.15) is 12.8 Å². The molecule has 6 nitrogen and oxygen atoms in total. The van der Waals surface area contributed by atoms with Gasteiger partial charge in [-0.3, -0.25) is 0 Å². The van der Waals surface area contributed by atoms with E-state index in [0.717, 1.165) is 25.1 Å². The zero-order chi connectivity index (χ0) is 13.9. The number of ether oxygens (including phenoxy) is 1. The Balaban J connectivity index is 2.14. The predicted octanol–water partition coefficient (Wildman–Crippen LogP) is 0.768. The maximum absolute atomic E-state index is 11.7.